The third-order valence-corrected chi connectivity index (χ3v) is 2.56. The fraction of sp³-hybridized carbons (Fsp3) is 0.385. The van der Waals surface area contributed by atoms with Gasteiger partial charge in [0.25, 0.3) is 0 Å². The molecule has 0 spiro atoms. The largest absolute Gasteiger partial charge is 0.362 e. The smallest absolute Gasteiger partial charge is 0.139 e. The highest BCUT2D eigenvalue weighted by molar-refractivity contribution is 5.47. The molecule has 3 heteroatoms. The minimum absolute atomic E-state index is 0.830. The summed E-state index contributed by atoms with van der Waals surface area (Å²) in [6.07, 6.45) is 10.6. The summed E-state index contributed by atoms with van der Waals surface area (Å²) >= 11 is 0. The number of aromatic nitrogens is 2. The van der Waals surface area contributed by atoms with E-state index >= 15 is 0 Å². The Labute approximate surface area is 95.8 Å². The van der Waals surface area contributed by atoms with E-state index in [0.717, 1.165) is 35.1 Å². The number of nitrogens with zero attached hydrogens (tertiary/aromatic N) is 3. The van der Waals surface area contributed by atoms with Crippen molar-refractivity contribution >= 4 is 18.0 Å². The van der Waals surface area contributed by atoms with Crippen LogP contribution in [0.1, 0.15) is 18.7 Å². The number of aryl methyl sites for hydroxylation is 1. The fourth-order valence-electron chi connectivity index (χ4n) is 1.84. The Hall–Kier alpha value is -1.64. The molecule has 16 heavy (non-hydrogen) atoms. The van der Waals surface area contributed by atoms with Gasteiger partial charge in [0, 0.05) is 19.3 Å². The molecule has 0 amide bonds. The Bertz CT molecular complexity index is 527. The fourth-order valence-corrected chi connectivity index (χ4v) is 1.84. The molecule has 1 aromatic heterocycles. The summed E-state index contributed by atoms with van der Waals surface area (Å²) in [4.78, 5) is 11.0. The maximum absolute atomic E-state index is 4.50. The summed E-state index contributed by atoms with van der Waals surface area (Å²) in [7, 11) is 4.04. The minimum Gasteiger partial charge on any atom is -0.362 e. The van der Waals surface area contributed by atoms with Crippen LogP contribution in [0.3, 0.4) is 0 Å². The lowest BCUT2D eigenvalue weighted by atomic mass is 10.2. The van der Waals surface area contributed by atoms with E-state index < -0.39 is 0 Å². The molecule has 1 aliphatic carbocycles. The molecule has 0 bridgehead atoms. The average Bonchev–Trinajstić information content (AvgIpc) is 2.19. The Kier molecular flexibility index (Phi) is 3.04. The third-order valence-electron chi connectivity index (χ3n) is 2.56. The molecular formula is C13H17N3. The third kappa shape index (κ3) is 2.13. The van der Waals surface area contributed by atoms with E-state index in [1.807, 2.05) is 25.9 Å². The summed E-state index contributed by atoms with van der Waals surface area (Å²) in [6, 6.07) is 0. The molecule has 1 aromatic rings. The molecule has 0 saturated carbocycles. The monoisotopic (exact) mass is 215 g/mol. The molecule has 0 saturated heterocycles. The number of hydrogen-bond acceptors (Lipinski definition) is 3. The molecule has 1 heterocycles. The zero-order chi connectivity index (χ0) is 11.5. The maximum atomic E-state index is 4.50. The van der Waals surface area contributed by atoms with E-state index in [9.17, 15) is 0 Å². The summed E-state index contributed by atoms with van der Waals surface area (Å²) in [5.41, 5.74) is 0. The van der Waals surface area contributed by atoms with Gasteiger partial charge in [-0.2, -0.15) is 0 Å². The second-order valence-corrected chi connectivity index (χ2v) is 4.14. The lowest BCUT2D eigenvalue weighted by Crippen LogP contribution is -2.36. The van der Waals surface area contributed by atoms with Gasteiger partial charge < -0.3 is 4.90 Å². The maximum Gasteiger partial charge on any atom is 0.139 e. The molecular weight excluding hydrogens is 198 g/mol. The molecule has 0 radical (unpaired) electrons. The van der Waals surface area contributed by atoms with Crippen molar-refractivity contribution in [1.29, 1.82) is 0 Å². The molecule has 84 valence electrons. The van der Waals surface area contributed by atoms with E-state index in [0.29, 0.717) is 0 Å². The Morgan fingerprint density at radius 1 is 1.06 bits per heavy atom. The zero-order valence-corrected chi connectivity index (χ0v) is 10.1. The first-order valence-electron chi connectivity index (χ1n) is 5.56. The molecule has 0 unspecified atom stereocenters. The van der Waals surface area contributed by atoms with Gasteiger partial charge in [0.15, 0.2) is 0 Å². The summed E-state index contributed by atoms with van der Waals surface area (Å²) in [5, 5.41) is 2.21. The number of fused-ring (bicyclic) bond motifs is 1. The van der Waals surface area contributed by atoms with Gasteiger partial charge in [-0.05, 0) is 19.8 Å². The van der Waals surface area contributed by atoms with Crippen LogP contribution >= 0.6 is 0 Å². The van der Waals surface area contributed by atoms with Crippen LogP contribution in [0.5, 0.6) is 0 Å². The SMILES string of the molecule is Cc1nc(N(C)C)/c2c(n1)=CC/C=C\C\C=2. The molecule has 2 rings (SSSR count). The van der Waals surface area contributed by atoms with Crippen LogP contribution in [0, 0.1) is 6.92 Å². The molecule has 3 nitrogen and oxygen atoms in total. The second-order valence-electron chi connectivity index (χ2n) is 4.14. The van der Waals surface area contributed by atoms with Crippen LogP contribution < -0.4 is 15.5 Å². The van der Waals surface area contributed by atoms with Crippen LogP contribution in [-0.4, -0.2) is 24.1 Å². The second kappa shape index (κ2) is 4.47. The Balaban J connectivity index is 2.75. The van der Waals surface area contributed by atoms with Gasteiger partial charge in [-0.1, -0.05) is 24.3 Å². The summed E-state index contributed by atoms with van der Waals surface area (Å²) < 4.78 is 0. The molecule has 0 atom stereocenters. The van der Waals surface area contributed by atoms with Crippen molar-refractivity contribution in [3.8, 4) is 0 Å². The number of anilines is 1. The van der Waals surface area contributed by atoms with Gasteiger partial charge in [0.05, 0.1) is 5.35 Å². The van der Waals surface area contributed by atoms with Gasteiger partial charge in [-0.3, -0.25) is 0 Å². The average molecular weight is 215 g/mol. The van der Waals surface area contributed by atoms with E-state index in [-0.39, 0.29) is 0 Å². The van der Waals surface area contributed by atoms with Crippen molar-refractivity contribution < 1.29 is 0 Å². The number of rotatable bonds is 1. The molecule has 0 fully saturated rings. The lowest BCUT2D eigenvalue weighted by Gasteiger charge is -2.13. The van der Waals surface area contributed by atoms with Crippen molar-refractivity contribution in [2.45, 2.75) is 19.8 Å². The first-order chi connectivity index (χ1) is 7.68. The lowest BCUT2D eigenvalue weighted by molar-refractivity contribution is 0.950. The van der Waals surface area contributed by atoms with E-state index in [1.165, 1.54) is 0 Å². The van der Waals surface area contributed by atoms with Gasteiger partial charge >= 0.3 is 0 Å². The predicted molar refractivity (Wildman–Crippen MR) is 67.7 cm³/mol. The normalized spacial score (nSPS) is 18.3. The van der Waals surface area contributed by atoms with Crippen molar-refractivity contribution in [1.82, 2.24) is 9.97 Å². The number of allylic oxidation sites excluding steroid dienone is 2. The predicted octanol–water partition coefficient (Wildman–Crippen LogP) is 0.762. The van der Waals surface area contributed by atoms with Crippen molar-refractivity contribution in [2.75, 3.05) is 19.0 Å². The Morgan fingerprint density at radius 2 is 1.75 bits per heavy atom. The van der Waals surface area contributed by atoms with Gasteiger partial charge in [-0.15, -0.1) is 0 Å². The zero-order valence-electron chi connectivity index (χ0n) is 10.1. The topological polar surface area (TPSA) is 29.0 Å². The quantitative estimate of drug-likeness (QED) is 0.648. The van der Waals surface area contributed by atoms with Crippen molar-refractivity contribution in [3.05, 3.63) is 28.5 Å². The Morgan fingerprint density at radius 3 is 2.44 bits per heavy atom. The van der Waals surface area contributed by atoms with Gasteiger partial charge in [0.2, 0.25) is 0 Å². The van der Waals surface area contributed by atoms with Crippen molar-refractivity contribution in [2.24, 2.45) is 0 Å². The standard InChI is InChI=1S/C13H17N3/c1-10-14-12-9-7-5-4-6-8-11(12)13(15-10)16(2)3/h4-5,8-9H,6-7H2,1-3H3/b5-4-,11-8+,12-9?. The van der Waals surface area contributed by atoms with Gasteiger partial charge in [-0.25, -0.2) is 9.97 Å². The van der Waals surface area contributed by atoms with E-state index in [4.69, 9.17) is 0 Å². The van der Waals surface area contributed by atoms with Crippen LogP contribution in [0.15, 0.2) is 12.2 Å². The van der Waals surface area contributed by atoms with E-state index in [1.54, 1.807) is 0 Å². The summed E-state index contributed by atoms with van der Waals surface area (Å²) in [5.74, 6) is 1.84. The highest BCUT2D eigenvalue weighted by Gasteiger charge is 2.04. The van der Waals surface area contributed by atoms with E-state index in [2.05, 4.69) is 34.3 Å². The van der Waals surface area contributed by atoms with Crippen LogP contribution in [-0.2, 0) is 0 Å². The first-order valence-corrected chi connectivity index (χ1v) is 5.56. The van der Waals surface area contributed by atoms with Gasteiger partial charge in [0.1, 0.15) is 11.6 Å². The molecule has 0 aromatic carbocycles. The minimum atomic E-state index is 0.830. The van der Waals surface area contributed by atoms with Crippen LogP contribution in [0.25, 0.3) is 12.2 Å². The molecule has 0 N–H and O–H groups in total. The van der Waals surface area contributed by atoms with Crippen molar-refractivity contribution in [3.63, 3.8) is 0 Å². The summed E-state index contributed by atoms with van der Waals surface area (Å²) in [6.45, 7) is 1.94. The van der Waals surface area contributed by atoms with Crippen LogP contribution in [0.4, 0.5) is 5.82 Å². The molecule has 0 aliphatic heterocycles. The molecule has 1 aliphatic rings. The highest BCUT2D eigenvalue weighted by atomic mass is 15.1. The first kappa shape index (κ1) is 10.9. The number of hydrogen-bond donors (Lipinski definition) is 0. The van der Waals surface area contributed by atoms with Crippen LogP contribution in [0.2, 0.25) is 0 Å². The highest BCUT2D eigenvalue weighted by Crippen LogP contribution is 2.00.